The highest BCUT2D eigenvalue weighted by molar-refractivity contribution is 7.09. The molecule has 96 valence electrons. The van der Waals surface area contributed by atoms with Crippen molar-refractivity contribution < 1.29 is 0 Å². The summed E-state index contributed by atoms with van der Waals surface area (Å²) in [4.78, 5) is 1.45. The van der Waals surface area contributed by atoms with E-state index in [2.05, 4.69) is 31.4 Å². The quantitative estimate of drug-likeness (QED) is 0.833. The Morgan fingerprint density at radius 3 is 2.59 bits per heavy atom. The number of hydrogen-bond donors (Lipinski definition) is 1. The Kier molecular flexibility index (Phi) is 4.26. The maximum atomic E-state index is 6.56. The molecule has 0 saturated heterocycles. The normalized spacial score (nSPS) is 20.9. The molecule has 1 atom stereocenters. The monoisotopic (exact) mass is 251 g/mol. The fraction of sp³-hybridized carbons (Fsp3) is 0.733. The van der Waals surface area contributed by atoms with Crippen LogP contribution in [-0.2, 0) is 6.42 Å². The van der Waals surface area contributed by atoms with Crippen LogP contribution in [0.25, 0.3) is 0 Å². The smallest absolute Gasteiger partial charge is 0.0144 e. The molecule has 1 aliphatic carbocycles. The van der Waals surface area contributed by atoms with E-state index in [0.717, 1.165) is 12.3 Å². The molecule has 0 bridgehead atoms. The molecule has 1 heterocycles. The second-order valence-electron chi connectivity index (χ2n) is 6.06. The van der Waals surface area contributed by atoms with Gasteiger partial charge >= 0.3 is 0 Å². The molecule has 1 aliphatic rings. The van der Waals surface area contributed by atoms with Crippen molar-refractivity contribution in [1.82, 2.24) is 0 Å². The average molecular weight is 251 g/mol. The van der Waals surface area contributed by atoms with Gasteiger partial charge in [0.25, 0.3) is 0 Å². The second-order valence-corrected chi connectivity index (χ2v) is 7.09. The van der Waals surface area contributed by atoms with Crippen molar-refractivity contribution in [3.05, 3.63) is 22.4 Å². The average Bonchev–Trinajstić information content (AvgIpc) is 2.88. The molecule has 2 rings (SSSR count). The van der Waals surface area contributed by atoms with Crippen LogP contribution in [0, 0.1) is 11.3 Å². The lowest BCUT2D eigenvalue weighted by Crippen LogP contribution is -2.42. The van der Waals surface area contributed by atoms with E-state index < -0.39 is 0 Å². The van der Waals surface area contributed by atoms with Gasteiger partial charge in [-0.2, -0.15) is 0 Å². The molecule has 2 N–H and O–H groups in total. The van der Waals surface area contributed by atoms with E-state index in [9.17, 15) is 0 Å². The Bertz CT molecular complexity index is 323. The Morgan fingerprint density at radius 2 is 2.06 bits per heavy atom. The molecule has 0 aromatic carbocycles. The molecule has 0 radical (unpaired) electrons. The van der Waals surface area contributed by atoms with Gasteiger partial charge in [0.05, 0.1) is 0 Å². The molecule has 0 aliphatic heterocycles. The maximum Gasteiger partial charge on any atom is 0.0144 e. The fourth-order valence-electron chi connectivity index (χ4n) is 3.48. The van der Waals surface area contributed by atoms with Crippen LogP contribution in [0.15, 0.2) is 17.5 Å². The number of nitrogens with two attached hydrogens (primary N) is 1. The number of rotatable bonds is 5. The molecule has 0 amide bonds. The van der Waals surface area contributed by atoms with Crippen molar-refractivity contribution in [1.29, 1.82) is 0 Å². The van der Waals surface area contributed by atoms with Crippen molar-refractivity contribution in [2.75, 3.05) is 0 Å². The van der Waals surface area contributed by atoms with Crippen molar-refractivity contribution in [2.24, 2.45) is 17.1 Å². The third-order valence-corrected chi connectivity index (χ3v) is 5.10. The second kappa shape index (κ2) is 5.53. The van der Waals surface area contributed by atoms with Crippen molar-refractivity contribution in [2.45, 2.75) is 58.4 Å². The standard InChI is InChI=1S/C15H25NS/c1-12(2)11-15(7-3-4-8-15)14(16)10-13-6-5-9-17-13/h5-6,9,12,14H,3-4,7-8,10-11,16H2,1-2H3. The summed E-state index contributed by atoms with van der Waals surface area (Å²) in [6.45, 7) is 4.66. The SMILES string of the molecule is CC(C)CC1(C(N)Cc2cccs2)CCCC1. The molecule has 0 spiro atoms. The zero-order chi connectivity index (χ0) is 12.3. The van der Waals surface area contributed by atoms with E-state index in [1.165, 1.54) is 37.0 Å². The molecule has 1 aromatic rings. The third-order valence-electron chi connectivity index (χ3n) is 4.20. The Hall–Kier alpha value is -0.340. The van der Waals surface area contributed by atoms with Gasteiger partial charge in [-0.15, -0.1) is 11.3 Å². The molecule has 1 fully saturated rings. The Labute approximate surface area is 109 Å². The van der Waals surface area contributed by atoms with E-state index in [1.54, 1.807) is 0 Å². The Morgan fingerprint density at radius 1 is 1.35 bits per heavy atom. The van der Waals surface area contributed by atoms with E-state index in [4.69, 9.17) is 5.73 Å². The van der Waals surface area contributed by atoms with Crippen LogP contribution >= 0.6 is 11.3 Å². The minimum absolute atomic E-state index is 0.353. The number of hydrogen-bond acceptors (Lipinski definition) is 2. The summed E-state index contributed by atoms with van der Waals surface area (Å²) < 4.78 is 0. The summed E-state index contributed by atoms with van der Waals surface area (Å²) in [6, 6.07) is 4.71. The van der Waals surface area contributed by atoms with Crippen LogP contribution in [0.5, 0.6) is 0 Å². The lowest BCUT2D eigenvalue weighted by molar-refractivity contribution is 0.182. The summed E-state index contributed by atoms with van der Waals surface area (Å²) >= 11 is 1.85. The highest BCUT2D eigenvalue weighted by atomic mass is 32.1. The molecule has 2 heteroatoms. The van der Waals surface area contributed by atoms with E-state index in [-0.39, 0.29) is 0 Å². The van der Waals surface area contributed by atoms with Crippen LogP contribution in [0.4, 0.5) is 0 Å². The predicted molar refractivity (Wildman–Crippen MR) is 76.4 cm³/mol. The largest absolute Gasteiger partial charge is 0.327 e. The van der Waals surface area contributed by atoms with Crippen molar-refractivity contribution >= 4 is 11.3 Å². The van der Waals surface area contributed by atoms with Gasteiger partial charge in [-0.25, -0.2) is 0 Å². The van der Waals surface area contributed by atoms with E-state index in [1.807, 2.05) is 11.3 Å². The predicted octanol–water partition coefficient (Wildman–Crippen LogP) is 4.22. The summed E-state index contributed by atoms with van der Waals surface area (Å²) in [7, 11) is 0. The van der Waals surface area contributed by atoms with Crippen molar-refractivity contribution in [3.63, 3.8) is 0 Å². The van der Waals surface area contributed by atoms with E-state index >= 15 is 0 Å². The van der Waals surface area contributed by atoms with E-state index in [0.29, 0.717) is 11.5 Å². The van der Waals surface area contributed by atoms with Gasteiger partial charge < -0.3 is 5.73 Å². The Balaban J connectivity index is 2.05. The molecule has 1 unspecified atom stereocenters. The maximum absolute atomic E-state index is 6.56. The number of thiophene rings is 1. The highest BCUT2D eigenvalue weighted by Gasteiger charge is 2.39. The fourth-order valence-corrected chi connectivity index (χ4v) is 4.25. The topological polar surface area (TPSA) is 26.0 Å². The summed E-state index contributed by atoms with van der Waals surface area (Å²) in [6.07, 6.45) is 7.83. The summed E-state index contributed by atoms with van der Waals surface area (Å²) in [5.41, 5.74) is 6.99. The lowest BCUT2D eigenvalue weighted by Gasteiger charge is -2.37. The third kappa shape index (κ3) is 3.11. The van der Waals surface area contributed by atoms with Crippen molar-refractivity contribution in [3.8, 4) is 0 Å². The van der Waals surface area contributed by atoms with Gasteiger partial charge in [0.2, 0.25) is 0 Å². The zero-order valence-corrected chi connectivity index (χ0v) is 11.9. The molecule has 17 heavy (non-hydrogen) atoms. The van der Waals surface area contributed by atoms with Gasteiger partial charge in [0.1, 0.15) is 0 Å². The minimum atomic E-state index is 0.353. The van der Waals surface area contributed by atoms with Gasteiger partial charge in [-0.3, -0.25) is 0 Å². The van der Waals surface area contributed by atoms with Crippen LogP contribution in [0.3, 0.4) is 0 Å². The zero-order valence-electron chi connectivity index (χ0n) is 11.1. The molecule has 1 aromatic heterocycles. The van der Waals surface area contributed by atoms with Gasteiger partial charge in [0, 0.05) is 10.9 Å². The van der Waals surface area contributed by atoms with Crippen LogP contribution in [0.2, 0.25) is 0 Å². The van der Waals surface area contributed by atoms with Gasteiger partial charge in [-0.1, -0.05) is 32.8 Å². The molecule has 1 saturated carbocycles. The molecule has 1 nitrogen and oxygen atoms in total. The van der Waals surface area contributed by atoms with Crippen LogP contribution < -0.4 is 5.73 Å². The summed E-state index contributed by atoms with van der Waals surface area (Å²) in [5, 5.41) is 2.16. The summed E-state index contributed by atoms with van der Waals surface area (Å²) in [5.74, 6) is 0.766. The minimum Gasteiger partial charge on any atom is -0.327 e. The molecular formula is C15H25NS. The molecular weight excluding hydrogens is 226 g/mol. The highest BCUT2D eigenvalue weighted by Crippen LogP contribution is 2.46. The first kappa shape index (κ1) is 13.1. The first-order chi connectivity index (χ1) is 8.12. The van der Waals surface area contributed by atoms with Crippen LogP contribution in [0.1, 0.15) is 50.8 Å². The van der Waals surface area contributed by atoms with Crippen LogP contribution in [-0.4, -0.2) is 6.04 Å². The van der Waals surface area contributed by atoms with Gasteiger partial charge in [-0.05, 0) is 48.5 Å². The lowest BCUT2D eigenvalue weighted by atomic mass is 9.72. The first-order valence-corrected chi connectivity index (χ1v) is 7.78. The van der Waals surface area contributed by atoms with Gasteiger partial charge in [0.15, 0.2) is 0 Å². The first-order valence-electron chi connectivity index (χ1n) is 6.90.